The summed E-state index contributed by atoms with van der Waals surface area (Å²) in [6, 6.07) is 0.576. The first kappa shape index (κ1) is 13.8. The third-order valence-corrected chi connectivity index (χ3v) is 4.01. The Balaban J connectivity index is 1.66. The van der Waals surface area contributed by atoms with Crippen LogP contribution in [-0.2, 0) is 9.53 Å². The van der Waals surface area contributed by atoms with E-state index in [2.05, 4.69) is 15.5 Å². The minimum absolute atomic E-state index is 0.0657. The molecule has 3 rings (SSSR count). The zero-order valence-electron chi connectivity index (χ0n) is 11.4. The Morgan fingerprint density at radius 2 is 2.17 bits per heavy atom. The molecule has 3 aliphatic heterocycles. The second-order valence-corrected chi connectivity index (χ2v) is 5.55. The third-order valence-electron chi connectivity index (χ3n) is 4.01. The van der Waals surface area contributed by atoms with E-state index in [1.807, 2.05) is 6.92 Å². The number of carbonyl (C=O) groups excluding carboxylic acids is 1. The summed E-state index contributed by atoms with van der Waals surface area (Å²) in [6.07, 6.45) is 2.55. The third kappa shape index (κ3) is 3.67. The molecule has 3 heterocycles. The Morgan fingerprint density at radius 1 is 1.44 bits per heavy atom. The van der Waals surface area contributed by atoms with Gasteiger partial charge in [0.2, 0.25) is 5.91 Å². The van der Waals surface area contributed by atoms with Crippen molar-refractivity contribution in [2.24, 2.45) is 5.92 Å². The van der Waals surface area contributed by atoms with E-state index >= 15 is 0 Å². The SMILES string of the molecule is COCC(C)NC(=O)CNC1CN2CCC1CC2. The number of nitrogens with zero attached hydrogens (tertiary/aromatic N) is 1. The molecular weight excluding hydrogens is 230 g/mol. The van der Waals surface area contributed by atoms with Gasteiger partial charge in [-0.3, -0.25) is 4.79 Å². The van der Waals surface area contributed by atoms with Crippen LogP contribution in [0.4, 0.5) is 0 Å². The van der Waals surface area contributed by atoms with Gasteiger partial charge in [-0.1, -0.05) is 0 Å². The van der Waals surface area contributed by atoms with Crippen molar-refractivity contribution in [3.05, 3.63) is 0 Å². The summed E-state index contributed by atoms with van der Waals surface area (Å²) in [5.74, 6) is 0.829. The summed E-state index contributed by atoms with van der Waals surface area (Å²) in [5.41, 5.74) is 0. The van der Waals surface area contributed by atoms with Crippen molar-refractivity contribution < 1.29 is 9.53 Å². The second kappa shape index (κ2) is 6.50. The van der Waals surface area contributed by atoms with E-state index in [1.165, 1.54) is 25.9 Å². The predicted molar refractivity (Wildman–Crippen MR) is 70.4 cm³/mol. The van der Waals surface area contributed by atoms with E-state index in [9.17, 15) is 4.79 Å². The van der Waals surface area contributed by atoms with E-state index < -0.39 is 0 Å². The number of amides is 1. The number of hydrogen-bond acceptors (Lipinski definition) is 4. The normalized spacial score (nSPS) is 32.2. The van der Waals surface area contributed by atoms with E-state index in [0.717, 1.165) is 12.5 Å². The smallest absolute Gasteiger partial charge is 0.234 e. The predicted octanol–water partition coefficient (Wildman–Crippen LogP) is -0.179. The molecule has 104 valence electrons. The standard InChI is InChI=1S/C13H25N3O2/c1-10(9-18-2)15-13(17)7-14-12-8-16-5-3-11(12)4-6-16/h10-12,14H,3-9H2,1-2H3,(H,15,17). The van der Waals surface area contributed by atoms with Crippen LogP contribution in [0.1, 0.15) is 19.8 Å². The molecule has 5 nitrogen and oxygen atoms in total. The average molecular weight is 255 g/mol. The van der Waals surface area contributed by atoms with Gasteiger partial charge in [-0.25, -0.2) is 0 Å². The first-order chi connectivity index (χ1) is 8.69. The maximum atomic E-state index is 11.7. The molecule has 0 aromatic heterocycles. The van der Waals surface area contributed by atoms with E-state index in [4.69, 9.17) is 4.74 Å². The zero-order chi connectivity index (χ0) is 13.0. The van der Waals surface area contributed by atoms with Gasteiger partial charge in [0.25, 0.3) is 0 Å². The highest BCUT2D eigenvalue weighted by Gasteiger charge is 2.33. The van der Waals surface area contributed by atoms with Crippen LogP contribution >= 0.6 is 0 Å². The Bertz CT molecular complexity index is 277. The molecule has 2 N–H and O–H groups in total. The Hall–Kier alpha value is -0.650. The molecular formula is C13H25N3O2. The number of carbonyl (C=O) groups is 1. The van der Waals surface area contributed by atoms with Gasteiger partial charge < -0.3 is 20.3 Å². The van der Waals surface area contributed by atoms with Crippen molar-refractivity contribution in [3.63, 3.8) is 0 Å². The van der Waals surface area contributed by atoms with Gasteiger partial charge in [-0.2, -0.15) is 0 Å². The number of rotatable bonds is 6. The summed E-state index contributed by atoms with van der Waals surface area (Å²) < 4.78 is 5.00. The zero-order valence-corrected chi connectivity index (χ0v) is 11.4. The maximum Gasteiger partial charge on any atom is 0.234 e. The number of ether oxygens (including phenoxy) is 1. The molecule has 0 aromatic rings. The fraction of sp³-hybridized carbons (Fsp3) is 0.923. The average Bonchev–Trinajstić information content (AvgIpc) is 2.38. The molecule has 3 aliphatic rings. The summed E-state index contributed by atoms with van der Waals surface area (Å²) in [7, 11) is 1.65. The summed E-state index contributed by atoms with van der Waals surface area (Å²) in [5, 5.41) is 6.33. The molecule has 5 heteroatoms. The minimum atomic E-state index is 0.0657. The van der Waals surface area contributed by atoms with Crippen LogP contribution in [0.25, 0.3) is 0 Å². The maximum absolute atomic E-state index is 11.7. The van der Waals surface area contributed by atoms with E-state index in [0.29, 0.717) is 19.2 Å². The summed E-state index contributed by atoms with van der Waals surface area (Å²) >= 11 is 0. The van der Waals surface area contributed by atoms with Crippen LogP contribution in [0.15, 0.2) is 0 Å². The highest BCUT2D eigenvalue weighted by atomic mass is 16.5. The van der Waals surface area contributed by atoms with Gasteiger partial charge >= 0.3 is 0 Å². The number of hydrogen-bond donors (Lipinski definition) is 2. The van der Waals surface area contributed by atoms with Crippen LogP contribution in [0.3, 0.4) is 0 Å². The molecule has 2 unspecified atom stereocenters. The highest BCUT2D eigenvalue weighted by Crippen LogP contribution is 2.27. The lowest BCUT2D eigenvalue weighted by molar-refractivity contribution is -0.121. The lowest BCUT2D eigenvalue weighted by Gasteiger charge is -2.45. The number of piperidine rings is 3. The quantitative estimate of drug-likeness (QED) is 0.691. The Kier molecular flexibility index (Phi) is 4.97. The monoisotopic (exact) mass is 255 g/mol. The fourth-order valence-corrected chi connectivity index (χ4v) is 3.04. The molecule has 2 bridgehead atoms. The number of methoxy groups -OCH3 is 1. The van der Waals surface area contributed by atoms with Gasteiger partial charge in [0.15, 0.2) is 0 Å². The molecule has 1 amide bonds. The summed E-state index contributed by atoms with van der Waals surface area (Å²) in [4.78, 5) is 14.2. The first-order valence-corrected chi connectivity index (χ1v) is 6.93. The second-order valence-electron chi connectivity index (χ2n) is 5.55. The fourth-order valence-electron chi connectivity index (χ4n) is 3.04. The van der Waals surface area contributed by atoms with Crippen molar-refractivity contribution >= 4 is 5.91 Å². The molecule has 3 fully saturated rings. The van der Waals surface area contributed by atoms with Gasteiger partial charge in [-0.05, 0) is 38.8 Å². The molecule has 0 spiro atoms. The number of fused-ring (bicyclic) bond motifs is 3. The molecule has 2 atom stereocenters. The molecule has 18 heavy (non-hydrogen) atoms. The molecule has 0 saturated carbocycles. The largest absolute Gasteiger partial charge is 0.383 e. The van der Waals surface area contributed by atoms with Crippen LogP contribution in [0.2, 0.25) is 0 Å². The topological polar surface area (TPSA) is 53.6 Å². The van der Waals surface area contributed by atoms with Crippen LogP contribution in [0, 0.1) is 5.92 Å². The summed E-state index contributed by atoms with van der Waals surface area (Å²) in [6.45, 7) is 6.51. The van der Waals surface area contributed by atoms with Crippen LogP contribution < -0.4 is 10.6 Å². The van der Waals surface area contributed by atoms with Gasteiger partial charge in [0.1, 0.15) is 0 Å². The van der Waals surface area contributed by atoms with Crippen molar-refractivity contribution in [1.29, 1.82) is 0 Å². The van der Waals surface area contributed by atoms with E-state index in [-0.39, 0.29) is 11.9 Å². The Labute approximate surface area is 109 Å². The minimum Gasteiger partial charge on any atom is -0.383 e. The molecule has 3 saturated heterocycles. The van der Waals surface area contributed by atoms with Gasteiger partial charge in [-0.15, -0.1) is 0 Å². The van der Waals surface area contributed by atoms with Crippen LogP contribution in [-0.4, -0.2) is 62.8 Å². The number of nitrogens with one attached hydrogen (secondary N) is 2. The molecule has 0 radical (unpaired) electrons. The van der Waals surface area contributed by atoms with Crippen molar-refractivity contribution in [2.45, 2.75) is 31.8 Å². The lowest BCUT2D eigenvalue weighted by atomic mass is 9.84. The van der Waals surface area contributed by atoms with Crippen LogP contribution in [0.5, 0.6) is 0 Å². The van der Waals surface area contributed by atoms with Gasteiger partial charge in [0, 0.05) is 25.7 Å². The lowest BCUT2D eigenvalue weighted by Crippen LogP contribution is -2.57. The van der Waals surface area contributed by atoms with Gasteiger partial charge in [0.05, 0.1) is 13.2 Å². The molecule has 0 aliphatic carbocycles. The molecule has 0 aromatic carbocycles. The van der Waals surface area contributed by atoms with Crippen molar-refractivity contribution in [2.75, 3.05) is 39.9 Å². The van der Waals surface area contributed by atoms with Crippen molar-refractivity contribution in [3.8, 4) is 0 Å². The Morgan fingerprint density at radius 3 is 2.72 bits per heavy atom. The van der Waals surface area contributed by atoms with Crippen molar-refractivity contribution in [1.82, 2.24) is 15.5 Å². The van der Waals surface area contributed by atoms with E-state index in [1.54, 1.807) is 7.11 Å². The highest BCUT2D eigenvalue weighted by molar-refractivity contribution is 5.78. The first-order valence-electron chi connectivity index (χ1n) is 6.93.